The van der Waals surface area contributed by atoms with Gasteiger partial charge in [-0.3, -0.25) is 9.58 Å². The van der Waals surface area contributed by atoms with Crippen LogP contribution in [0.15, 0.2) is 18.6 Å². The molecule has 4 heterocycles. The standard InChI is InChI=1S/C18H26N8O2/c1-18(3-5-19-6-4-18)26-11-13-9-20-16(23-15(13)24(2)17(26)28)22-14-10-21-25(12-14)7-8-27/h9-10,12,19,27H,3-8,11H2,1-2H3,(H,20,22,23). The summed E-state index contributed by atoms with van der Waals surface area (Å²) in [6.45, 7) is 4.96. The minimum absolute atomic E-state index is 0.0227. The lowest BCUT2D eigenvalue weighted by Gasteiger charge is -2.47. The van der Waals surface area contributed by atoms with E-state index in [0.717, 1.165) is 37.2 Å². The SMILES string of the molecule is CN1C(=O)N(C2(C)CCNCC2)Cc2cnc(Nc3cnn(CCO)c3)nc21. The summed E-state index contributed by atoms with van der Waals surface area (Å²) in [5.74, 6) is 1.03. The molecule has 2 aromatic heterocycles. The molecule has 0 aliphatic carbocycles. The molecule has 1 fully saturated rings. The number of carbonyl (C=O) groups excluding carboxylic acids is 1. The monoisotopic (exact) mass is 386 g/mol. The average Bonchev–Trinajstić information content (AvgIpc) is 3.12. The summed E-state index contributed by atoms with van der Waals surface area (Å²) in [6, 6.07) is -0.0303. The van der Waals surface area contributed by atoms with E-state index in [-0.39, 0.29) is 18.2 Å². The summed E-state index contributed by atoms with van der Waals surface area (Å²) in [7, 11) is 1.76. The lowest BCUT2D eigenvalue weighted by molar-refractivity contribution is 0.0927. The highest BCUT2D eigenvalue weighted by Gasteiger charge is 2.41. The first-order valence-electron chi connectivity index (χ1n) is 9.52. The third-order valence-electron chi connectivity index (χ3n) is 5.56. The largest absolute Gasteiger partial charge is 0.394 e. The summed E-state index contributed by atoms with van der Waals surface area (Å²) in [4.78, 5) is 25.6. The number of amides is 2. The first kappa shape index (κ1) is 18.6. The highest BCUT2D eigenvalue weighted by Crippen LogP contribution is 2.34. The number of urea groups is 1. The third kappa shape index (κ3) is 3.40. The number of hydrogen-bond donors (Lipinski definition) is 3. The fourth-order valence-corrected chi connectivity index (χ4v) is 3.81. The first-order valence-corrected chi connectivity index (χ1v) is 9.52. The molecule has 0 bridgehead atoms. The van der Waals surface area contributed by atoms with Gasteiger partial charge in [-0.1, -0.05) is 0 Å². The average molecular weight is 386 g/mol. The van der Waals surface area contributed by atoms with Crippen molar-refractivity contribution in [2.75, 3.05) is 37.0 Å². The Kier molecular flexibility index (Phi) is 4.90. The van der Waals surface area contributed by atoms with Crippen LogP contribution in [0, 0.1) is 0 Å². The summed E-state index contributed by atoms with van der Waals surface area (Å²) in [5, 5.41) is 19.6. The van der Waals surface area contributed by atoms with Crippen LogP contribution >= 0.6 is 0 Å². The minimum atomic E-state index is -0.160. The van der Waals surface area contributed by atoms with Gasteiger partial charge in [0, 0.05) is 30.5 Å². The zero-order valence-electron chi connectivity index (χ0n) is 16.2. The van der Waals surface area contributed by atoms with Gasteiger partial charge in [0.05, 0.1) is 31.6 Å². The maximum atomic E-state index is 13.1. The van der Waals surface area contributed by atoms with Crippen LogP contribution in [0.1, 0.15) is 25.3 Å². The fraction of sp³-hybridized carbons (Fsp3) is 0.556. The van der Waals surface area contributed by atoms with Crippen LogP contribution in [-0.4, -0.2) is 68.1 Å². The van der Waals surface area contributed by atoms with E-state index in [9.17, 15) is 4.79 Å². The molecular formula is C18H26N8O2. The molecule has 10 heteroatoms. The van der Waals surface area contributed by atoms with Crippen LogP contribution in [0.4, 0.5) is 22.2 Å². The van der Waals surface area contributed by atoms with Crippen LogP contribution < -0.4 is 15.5 Å². The van der Waals surface area contributed by atoms with Gasteiger partial charge in [-0.25, -0.2) is 9.78 Å². The Morgan fingerprint density at radius 2 is 2.11 bits per heavy atom. The Morgan fingerprint density at radius 1 is 1.32 bits per heavy atom. The van der Waals surface area contributed by atoms with E-state index >= 15 is 0 Å². The molecule has 150 valence electrons. The van der Waals surface area contributed by atoms with Crippen LogP contribution in [0.25, 0.3) is 0 Å². The smallest absolute Gasteiger partial charge is 0.326 e. The molecule has 0 unspecified atom stereocenters. The number of anilines is 3. The van der Waals surface area contributed by atoms with Gasteiger partial charge in [-0.05, 0) is 32.9 Å². The molecular weight excluding hydrogens is 360 g/mol. The van der Waals surface area contributed by atoms with Crippen molar-refractivity contribution in [3.63, 3.8) is 0 Å². The summed E-state index contributed by atoms with van der Waals surface area (Å²) < 4.78 is 1.63. The molecule has 0 atom stereocenters. The second-order valence-corrected chi connectivity index (χ2v) is 7.56. The van der Waals surface area contributed by atoms with Crippen molar-refractivity contribution in [2.45, 2.75) is 38.4 Å². The summed E-state index contributed by atoms with van der Waals surface area (Å²) in [5.41, 5.74) is 1.50. The molecule has 0 radical (unpaired) electrons. The Hall–Kier alpha value is -2.72. The lowest BCUT2D eigenvalue weighted by Crippen LogP contribution is -2.59. The number of rotatable bonds is 5. The fourth-order valence-electron chi connectivity index (χ4n) is 3.81. The van der Waals surface area contributed by atoms with Crippen molar-refractivity contribution in [2.24, 2.45) is 0 Å². The van der Waals surface area contributed by atoms with Gasteiger partial charge < -0.3 is 20.6 Å². The molecule has 10 nitrogen and oxygen atoms in total. The molecule has 0 spiro atoms. The van der Waals surface area contributed by atoms with Crippen molar-refractivity contribution in [3.05, 3.63) is 24.2 Å². The Labute approximate surface area is 163 Å². The second-order valence-electron chi connectivity index (χ2n) is 7.56. The van der Waals surface area contributed by atoms with Gasteiger partial charge in [0.15, 0.2) is 0 Å². The first-order chi connectivity index (χ1) is 13.5. The number of piperidine rings is 1. The number of fused-ring (bicyclic) bond motifs is 1. The van der Waals surface area contributed by atoms with Gasteiger partial charge >= 0.3 is 6.03 Å². The van der Waals surface area contributed by atoms with E-state index in [4.69, 9.17) is 5.11 Å². The number of nitrogens with zero attached hydrogens (tertiary/aromatic N) is 6. The molecule has 3 N–H and O–H groups in total. The van der Waals surface area contributed by atoms with Crippen molar-refractivity contribution < 1.29 is 9.90 Å². The predicted octanol–water partition coefficient (Wildman–Crippen LogP) is 0.923. The van der Waals surface area contributed by atoms with Crippen molar-refractivity contribution >= 4 is 23.5 Å². The van der Waals surface area contributed by atoms with Crippen LogP contribution in [0.5, 0.6) is 0 Å². The van der Waals surface area contributed by atoms with Gasteiger partial charge in [0.25, 0.3) is 0 Å². The molecule has 2 aliphatic heterocycles. The third-order valence-corrected chi connectivity index (χ3v) is 5.56. The van der Waals surface area contributed by atoms with E-state index in [1.807, 2.05) is 4.90 Å². The Balaban J connectivity index is 1.55. The molecule has 2 aromatic rings. The number of carbonyl (C=O) groups is 1. The van der Waals surface area contributed by atoms with Crippen molar-refractivity contribution in [1.29, 1.82) is 0 Å². The number of aliphatic hydroxyl groups is 1. The molecule has 2 aliphatic rings. The van der Waals surface area contributed by atoms with E-state index in [1.165, 1.54) is 0 Å². The van der Waals surface area contributed by atoms with Crippen LogP contribution in [0.3, 0.4) is 0 Å². The predicted molar refractivity (Wildman–Crippen MR) is 104 cm³/mol. The Morgan fingerprint density at radius 3 is 2.86 bits per heavy atom. The van der Waals surface area contributed by atoms with Gasteiger partial charge in [0.1, 0.15) is 5.82 Å². The van der Waals surface area contributed by atoms with E-state index in [0.29, 0.717) is 24.9 Å². The zero-order valence-corrected chi connectivity index (χ0v) is 16.2. The second kappa shape index (κ2) is 7.36. The Bertz CT molecular complexity index is 861. The topological polar surface area (TPSA) is 111 Å². The molecule has 1 saturated heterocycles. The lowest BCUT2D eigenvalue weighted by atomic mass is 9.88. The van der Waals surface area contributed by atoms with Crippen molar-refractivity contribution in [3.8, 4) is 0 Å². The van der Waals surface area contributed by atoms with Crippen molar-refractivity contribution in [1.82, 2.24) is 30.0 Å². The highest BCUT2D eigenvalue weighted by molar-refractivity contribution is 5.93. The van der Waals surface area contributed by atoms with E-state index in [2.05, 4.69) is 32.6 Å². The summed E-state index contributed by atoms with van der Waals surface area (Å²) in [6.07, 6.45) is 7.06. The number of aromatic nitrogens is 4. The van der Waals surface area contributed by atoms with Gasteiger partial charge in [-0.2, -0.15) is 10.1 Å². The number of hydrogen-bond acceptors (Lipinski definition) is 7. The molecule has 2 amide bonds. The molecule has 28 heavy (non-hydrogen) atoms. The maximum absolute atomic E-state index is 13.1. The maximum Gasteiger partial charge on any atom is 0.326 e. The zero-order chi connectivity index (χ0) is 19.7. The molecule has 0 saturated carbocycles. The van der Waals surface area contributed by atoms with E-state index < -0.39 is 0 Å². The minimum Gasteiger partial charge on any atom is -0.394 e. The van der Waals surface area contributed by atoms with Gasteiger partial charge in [0.2, 0.25) is 5.95 Å². The van der Waals surface area contributed by atoms with Gasteiger partial charge in [-0.15, -0.1) is 0 Å². The van der Waals surface area contributed by atoms with Crippen LogP contribution in [0.2, 0.25) is 0 Å². The number of nitrogens with one attached hydrogen (secondary N) is 2. The van der Waals surface area contributed by atoms with Crippen LogP contribution in [-0.2, 0) is 13.1 Å². The molecule has 4 rings (SSSR count). The summed E-state index contributed by atoms with van der Waals surface area (Å²) >= 11 is 0. The normalized spacial score (nSPS) is 18.9. The molecule has 0 aromatic carbocycles. The quantitative estimate of drug-likeness (QED) is 0.701. The van der Waals surface area contributed by atoms with E-state index in [1.54, 1.807) is 35.2 Å². The number of aliphatic hydroxyl groups excluding tert-OH is 1. The highest BCUT2D eigenvalue weighted by atomic mass is 16.3.